The minimum Gasteiger partial charge on any atom is -0.344 e. The third-order valence-electron chi connectivity index (χ3n) is 6.13. The molecule has 0 saturated heterocycles. The standard InChI is InChI=1S/C31H23N3/c1-4-11-22(12-5-1)25-19-20-27-26(21-25)17-10-18-28(27)31-33-29(23-13-6-2-7-14-23)32-30(34-31)24-15-8-3-9-16-24/h1-21,29H,(H,32,33,34). The van der Waals surface area contributed by atoms with Crippen LogP contribution in [0, 0.1) is 0 Å². The first-order valence-electron chi connectivity index (χ1n) is 11.5. The highest BCUT2D eigenvalue weighted by Gasteiger charge is 2.21. The monoisotopic (exact) mass is 437 g/mol. The van der Waals surface area contributed by atoms with Crippen LogP contribution in [-0.4, -0.2) is 11.7 Å². The lowest BCUT2D eigenvalue weighted by atomic mass is 9.97. The molecular formula is C31H23N3. The van der Waals surface area contributed by atoms with Gasteiger partial charge in [0.05, 0.1) is 0 Å². The van der Waals surface area contributed by atoms with E-state index in [9.17, 15) is 0 Å². The SMILES string of the molecule is c1ccc(C2=NC(c3ccccc3)NC(c3cccc4cc(-c5ccccc5)ccc34)=N2)cc1. The van der Waals surface area contributed by atoms with E-state index in [1.807, 2.05) is 42.5 Å². The lowest BCUT2D eigenvalue weighted by molar-refractivity contribution is 0.674. The second-order valence-corrected chi connectivity index (χ2v) is 8.34. The van der Waals surface area contributed by atoms with Gasteiger partial charge in [0.15, 0.2) is 5.84 Å². The van der Waals surface area contributed by atoms with E-state index in [4.69, 9.17) is 9.98 Å². The fraction of sp³-hybridized carbons (Fsp3) is 0.0323. The number of benzene rings is 5. The molecular weight excluding hydrogens is 414 g/mol. The Kier molecular flexibility index (Phi) is 5.21. The van der Waals surface area contributed by atoms with Gasteiger partial charge in [0.2, 0.25) is 0 Å². The van der Waals surface area contributed by atoms with E-state index in [1.165, 1.54) is 16.5 Å². The summed E-state index contributed by atoms with van der Waals surface area (Å²) in [7, 11) is 0. The highest BCUT2D eigenvalue weighted by atomic mass is 15.2. The fourth-order valence-electron chi connectivity index (χ4n) is 4.41. The van der Waals surface area contributed by atoms with E-state index in [1.54, 1.807) is 0 Å². The summed E-state index contributed by atoms with van der Waals surface area (Å²) in [6.45, 7) is 0. The van der Waals surface area contributed by atoms with Gasteiger partial charge in [-0.2, -0.15) is 0 Å². The van der Waals surface area contributed by atoms with Crippen molar-refractivity contribution in [1.82, 2.24) is 5.32 Å². The Labute approximate surface area is 199 Å². The molecule has 34 heavy (non-hydrogen) atoms. The lowest BCUT2D eigenvalue weighted by Gasteiger charge is -2.24. The number of fused-ring (bicyclic) bond motifs is 1. The number of amidine groups is 2. The van der Waals surface area contributed by atoms with Crippen molar-refractivity contribution in [3.63, 3.8) is 0 Å². The smallest absolute Gasteiger partial charge is 0.159 e. The molecule has 0 radical (unpaired) electrons. The van der Waals surface area contributed by atoms with Crippen molar-refractivity contribution in [1.29, 1.82) is 0 Å². The predicted molar refractivity (Wildman–Crippen MR) is 141 cm³/mol. The zero-order valence-electron chi connectivity index (χ0n) is 18.6. The van der Waals surface area contributed by atoms with Crippen molar-refractivity contribution < 1.29 is 0 Å². The summed E-state index contributed by atoms with van der Waals surface area (Å²) in [5, 5.41) is 5.93. The second kappa shape index (κ2) is 8.80. The molecule has 1 atom stereocenters. The topological polar surface area (TPSA) is 36.8 Å². The van der Waals surface area contributed by atoms with Crippen molar-refractivity contribution in [3.05, 3.63) is 144 Å². The van der Waals surface area contributed by atoms with Crippen LogP contribution in [-0.2, 0) is 0 Å². The molecule has 1 N–H and O–H groups in total. The Hall–Kier alpha value is -4.50. The van der Waals surface area contributed by atoms with Crippen molar-refractivity contribution in [3.8, 4) is 11.1 Å². The Bertz CT molecular complexity index is 1500. The lowest BCUT2D eigenvalue weighted by Crippen LogP contribution is -2.33. The minimum atomic E-state index is -0.206. The molecule has 0 aliphatic carbocycles. The molecule has 0 fully saturated rings. The molecule has 0 spiro atoms. The Morgan fingerprint density at radius 1 is 0.559 bits per heavy atom. The van der Waals surface area contributed by atoms with Gasteiger partial charge in [-0.05, 0) is 33.5 Å². The van der Waals surface area contributed by atoms with E-state index in [2.05, 4.69) is 90.2 Å². The molecule has 162 valence electrons. The van der Waals surface area contributed by atoms with Crippen LogP contribution < -0.4 is 5.32 Å². The van der Waals surface area contributed by atoms with Crippen molar-refractivity contribution >= 4 is 22.4 Å². The normalized spacial score (nSPS) is 15.4. The van der Waals surface area contributed by atoms with Crippen molar-refractivity contribution in [2.75, 3.05) is 0 Å². The van der Waals surface area contributed by atoms with Crippen LogP contribution in [0.4, 0.5) is 0 Å². The molecule has 6 rings (SSSR count). The van der Waals surface area contributed by atoms with Crippen LogP contribution in [0.15, 0.2) is 137 Å². The first-order valence-corrected chi connectivity index (χ1v) is 11.5. The Morgan fingerprint density at radius 3 is 1.97 bits per heavy atom. The summed E-state index contributed by atoms with van der Waals surface area (Å²) < 4.78 is 0. The molecule has 5 aromatic carbocycles. The second-order valence-electron chi connectivity index (χ2n) is 8.34. The molecule has 0 aromatic heterocycles. The van der Waals surface area contributed by atoms with Gasteiger partial charge < -0.3 is 5.32 Å². The first kappa shape index (κ1) is 20.1. The number of hydrogen-bond donors (Lipinski definition) is 1. The molecule has 1 aliphatic heterocycles. The number of nitrogens with one attached hydrogen (secondary N) is 1. The first-order chi connectivity index (χ1) is 16.8. The Morgan fingerprint density at radius 2 is 1.24 bits per heavy atom. The number of rotatable bonds is 4. The molecule has 1 heterocycles. The summed E-state index contributed by atoms with van der Waals surface area (Å²) in [4.78, 5) is 9.93. The van der Waals surface area contributed by atoms with Crippen LogP contribution in [0.2, 0.25) is 0 Å². The molecule has 1 unspecified atom stereocenters. The van der Waals surface area contributed by atoms with Gasteiger partial charge in [-0.3, -0.25) is 0 Å². The maximum Gasteiger partial charge on any atom is 0.159 e. The van der Waals surface area contributed by atoms with Gasteiger partial charge in [0.25, 0.3) is 0 Å². The molecule has 1 aliphatic rings. The third-order valence-corrected chi connectivity index (χ3v) is 6.13. The molecule has 3 heteroatoms. The molecule has 3 nitrogen and oxygen atoms in total. The summed E-state index contributed by atoms with van der Waals surface area (Å²) in [5.74, 6) is 1.57. The van der Waals surface area contributed by atoms with Crippen LogP contribution in [0.25, 0.3) is 21.9 Å². The van der Waals surface area contributed by atoms with Gasteiger partial charge in [0, 0.05) is 11.1 Å². The van der Waals surface area contributed by atoms with Crippen molar-refractivity contribution in [2.24, 2.45) is 9.98 Å². The quantitative estimate of drug-likeness (QED) is 0.323. The van der Waals surface area contributed by atoms with Gasteiger partial charge in [-0.15, -0.1) is 0 Å². The number of hydrogen-bond acceptors (Lipinski definition) is 3. The summed E-state index contributed by atoms with van der Waals surface area (Å²) in [6, 6.07) is 44.0. The average Bonchev–Trinajstić information content (AvgIpc) is 2.93. The molecule has 0 amide bonds. The maximum atomic E-state index is 4.98. The van der Waals surface area contributed by atoms with Crippen molar-refractivity contribution in [2.45, 2.75) is 6.17 Å². The Balaban J connectivity index is 1.46. The number of aliphatic imine (C=N–C) groups is 2. The summed E-state index contributed by atoms with van der Waals surface area (Å²) in [5.41, 5.74) is 5.61. The predicted octanol–water partition coefficient (Wildman–Crippen LogP) is 7.00. The largest absolute Gasteiger partial charge is 0.344 e. The zero-order valence-corrected chi connectivity index (χ0v) is 18.6. The van der Waals surface area contributed by atoms with Crippen LogP contribution in [0.3, 0.4) is 0 Å². The van der Waals surface area contributed by atoms with Crippen LogP contribution >= 0.6 is 0 Å². The highest BCUT2D eigenvalue weighted by molar-refractivity contribution is 6.17. The van der Waals surface area contributed by atoms with E-state index < -0.39 is 0 Å². The highest BCUT2D eigenvalue weighted by Crippen LogP contribution is 2.28. The van der Waals surface area contributed by atoms with Gasteiger partial charge >= 0.3 is 0 Å². The van der Waals surface area contributed by atoms with E-state index in [0.29, 0.717) is 0 Å². The number of nitrogens with zero attached hydrogens (tertiary/aromatic N) is 2. The van der Waals surface area contributed by atoms with Gasteiger partial charge in [-0.25, -0.2) is 9.98 Å². The minimum absolute atomic E-state index is 0.206. The maximum absolute atomic E-state index is 4.98. The van der Waals surface area contributed by atoms with E-state index in [0.717, 1.165) is 33.7 Å². The third kappa shape index (κ3) is 3.89. The molecule has 0 bridgehead atoms. The summed E-state index contributed by atoms with van der Waals surface area (Å²) in [6.07, 6.45) is -0.206. The van der Waals surface area contributed by atoms with Gasteiger partial charge in [0.1, 0.15) is 12.0 Å². The van der Waals surface area contributed by atoms with Gasteiger partial charge in [-0.1, -0.05) is 121 Å². The fourth-order valence-corrected chi connectivity index (χ4v) is 4.41. The average molecular weight is 438 g/mol. The van der Waals surface area contributed by atoms with Crippen LogP contribution in [0.1, 0.15) is 22.9 Å². The zero-order chi connectivity index (χ0) is 22.7. The molecule has 0 saturated carbocycles. The van der Waals surface area contributed by atoms with E-state index in [-0.39, 0.29) is 6.17 Å². The van der Waals surface area contributed by atoms with Crippen LogP contribution in [0.5, 0.6) is 0 Å². The van der Waals surface area contributed by atoms with E-state index >= 15 is 0 Å². The molecule has 5 aromatic rings. The summed E-state index contributed by atoms with van der Waals surface area (Å²) >= 11 is 0.